The van der Waals surface area contributed by atoms with Crippen LogP contribution in [0, 0.1) is 6.92 Å². The molecular weight excluding hydrogens is 372 g/mol. The summed E-state index contributed by atoms with van der Waals surface area (Å²) in [4.78, 5) is 16.7. The minimum Gasteiger partial charge on any atom is -0.326 e. The van der Waals surface area contributed by atoms with Crippen LogP contribution in [0.1, 0.15) is 11.3 Å². The highest BCUT2D eigenvalue weighted by Crippen LogP contribution is 2.24. The van der Waals surface area contributed by atoms with Crippen LogP contribution in [-0.4, -0.2) is 10.9 Å². The predicted molar refractivity (Wildman–Crippen MR) is 98.8 cm³/mol. The van der Waals surface area contributed by atoms with Crippen molar-refractivity contribution in [3.8, 4) is 10.6 Å². The highest BCUT2D eigenvalue weighted by Gasteiger charge is 2.09. The van der Waals surface area contributed by atoms with Crippen molar-refractivity contribution in [3.05, 3.63) is 69.6 Å². The second-order valence-corrected chi connectivity index (χ2v) is 7.02. The third kappa shape index (κ3) is 4.27. The van der Waals surface area contributed by atoms with Crippen molar-refractivity contribution in [3.63, 3.8) is 0 Å². The van der Waals surface area contributed by atoms with Gasteiger partial charge in [-0.15, -0.1) is 11.3 Å². The molecule has 1 aromatic heterocycles. The Morgan fingerprint density at radius 2 is 2.00 bits per heavy atom. The SMILES string of the molecule is Cc1ccc(-c2nc(CC(=O)Nc3cccc(Br)c3)cs2)cc1. The first-order chi connectivity index (χ1) is 11.1. The van der Waals surface area contributed by atoms with E-state index >= 15 is 0 Å². The first-order valence-corrected chi connectivity index (χ1v) is 8.84. The molecule has 0 spiro atoms. The van der Waals surface area contributed by atoms with Gasteiger partial charge in [0.1, 0.15) is 5.01 Å². The summed E-state index contributed by atoms with van der Waals surface area (Å²) in [5.41, 5.74) is 3.87. The zero-order valence-electron chi connectivity index (χ0n) is 12.5. The number of benzene rings is 2. The molecule has 0 aliphatic carbocycles. The summed E-state index contributed by atoms with van der Waals surface area (Å²) in [5.74, 6) is -0.0659. The number of thiazole rings is 1. The Bertz CT molecular complexity index is 827. The third-order valence-corrected chi connectivity index (χ3v) is 4.73. The van der Waals surface area contributed by atoms with Gasteiger partial charge >= 0.3 is 0 Å². The Balaban J connectivity index is 1.66. The van der Waals surface area contributed by atoms with E-state index in [1.807, 2.05) is 29.6 Å². The van der Waals surface area contributed by atoms with E-state index < -0.39 is 0 Å². The number of amides is 1. The first kappa shape index (κ1) is 15.9. The van der Waals surface area contributed by atoms with Gasteiger partial charge in [-0.05, 0) is 25.1 Å². The van der Waals surface area contributed by atoms with Gasteiger partial charge in [0.15, 0.2) is 0 Å². The van der Waals surface area contributed by atoms with E-state index in [1.54, 1.807) is 11.3 Å². The first-order valence-electron chi connectivity index (χ1n) is 7.17. The molecule has 5 heteroatoms. The van der Waals surface area contributed by atoms with Crippen molar-refractivity contribution in [1.29, 1.82) is 0 Å². The van der Waals surface area contributed by atoms with Crippen LogP contribution in [0.15, 0.2) is 58.4 Å². The quantitative estimate of drug-likeness (QED) is 0.680. The maximum atomic E-state index is 12.1. The number of aryl methyl sites for hydroxylation is 1. The number of halogens is 1. The Morgan fingerprint density at radius 3 is 2.74 bits per heavy atom. The van der Waals surface area contributed by atoms with Gasteiger partial charge in [-0.25, -0.2) is 4.98 Å². The van der Waals surface area contributed by atoms with Crippen molar-refractivity contribution < 1.29 is 4.79 Å². The fourth-order valence-electron chi connectivity index (χ4n) is 2.15. The van der Waals surface area contributed by atoms with Crippen LogP contribution in [0.25, 0.3) is 10.6 Å². The molecule has 0 aliphatic rings. The molecule has 23 heavy (non-hydrogen) atoms. The molecule has 0 aliphatic heterocycles. The number of rotatable bonds is 4. The van der Waals surface area contributed by atoms with Crippen molar-refractivity contribution in [2.24, 2.45) is 0 Å². The molecule has 0 fully saturated rings. The fourth-order valence-corrected chi connectivity index (χ4v) is 3.38. The number of carbonyl (C=O) groups excluding carboxylic acids is 1. The molecular formula is C18H15BrN2OS. The minimum atomic E-state index is -0.0659. The lowest BCUT2D eigenvalue weighted by molar-refractivity contribution is -0.115. The summed E-state index contributed by atoms with van der Waals surface area (Å²) in [6.07, 6.45) is 0.273. The van der Waals surface area contributed by atoms with Gasteiger partial charge in [0.25, 0.3) is 0 Å². The molecule has 3 rings (SSSR count). The predicted octanol–water partition coefficient (Wildman–Crippen LogP) is 5.06. The van der Waals surface area contributed by atoms with Crippen LogP contribution in [0.3, 0.4) is 0 Å². The van der Waals surface area contributed by atoms with Crippen LogP contribution < -0.4 is 5.32 Å². The highest BCUT2D eigenvalue weighted by molar-refractivity contribution is 9.10. The molecule has 116 valence electrons. The number of carbonyl (C=O) groups is 1. The molecule has 3 nitrogen and oxygen atoms in total. The largest absolute Gasteiger partial charge is 0.326 e. The second kappa shape index (κ2) is 7.06. The second-order valence-electron chi connectivity index (χ2n) is 5.25. The van der Waals surface area contributed by atoms with Crippen molar-refractivity contribution in [2.45, 2.75) is 13.3 Å². The molecule has 3 aromatic rings. The van der Waals surface area contributed by atoms with E-state index in [0.29, 0.717) is 0 Å². The van der Waals surface area contributed by atoms with Crippen molar-refractivity contribution in [1.82, 2.24) is 4.98 Å². The molecule has 1 N–H and O–H groups in total. The molecule has 0 saturated heterocycles. The average Bonchev–Trinajstić information content (AvgIpc) is 2.96. The third-order valence-electron chi connectivity index (χ3n) is 3.30. The van der Waals surface area contributed by atoms with Crippen LogP contribution >= 0.6 is 27.3 Å². The van der Waals surface area contributed by atoms with E-state index in [0.717, 1.165) is 26.4 Å². The number of hydrogen-bond donors (Lipinski definition) is 1. The van der Waals surface area contributed by atoms with Crippen molar-refractivity contribution >= 4 is 38.9 Å². The Morgan fingerprint density at radius 1 is 1.22 bits per heavy atom. The van der Waals surface area contributed by atoms with Crippen molar-refractivity contribution in [2.75, 3.05) is 5.32 Å². The zero-order valence-corrected chi connectivity index (χ0v) is 14.9. The zero-order chi connectivity index (χ0) is 16.2. The lowest BCUT2D eigenvalue weighted by atomic mass is 10.2. The lowest BCUT2D eigenvalue weighted by Crippen LogP contribution is -2.14. The average molecular weight is 387 g/mol. The van der Waals surface area contributed by atoms with Gasteiger partial charge in [-0.3, -0.25) is 4.79 Å². The molecule has 1 heterocycles. The smallest absolute Gasteiger partial charge is 0.230 e. The summed E-state index contributed by atoms with van der Waals surface area (Å²) in [7, 11) is 0. The van der Waals surface area contributed by atoms with Crippen LogP contribution in [0.2, 0.25) is 0 Å². The highest BCUT2D eigenvalue weighted by atomic mass is 79.9. The van der Waals surface area contributed by atoms with E-state index in [1.165, 1.54) is 5.56 Å². The topological polar surface area (TPSA) is 42.0 Å². The Hall–Kier alpha value is -1.98. The van der Waals surface area contributed by atoms with Crippen LogP contribution in [0.4, 0.5) is 5.69 Å². The molecule has 0 unspecified atom stereocenters. The van der Waals surface area contributed by atoms with Gasteiger partial charge < -0.3 is 5.32 Å². The van der Waals surface area contributed by atoms with Gasteiger partial charge in [0, 0.05) is 21.1 Å². The number of hydrogen-bond acceptors (Lipinski definition) is 3. The molecule has 0 saturated carbocycles. The van der Waals surface area contributed by atoms with Gasteiger partial charge in [-0.2, -0.15) is 0 Å². The number of nitrogens with one attached hydrogen (secondary N) is 1. The maximum Gasteiger partial charge on any atom is 0.230 e. The van der Waals surface area contributed by atoms with Gasteiger partial charge in [0.05, 0.1) is 12.1 Å². The minimum absolute atomic E-state index is 0.0659. The van der Waals surface area contributed by atoms with E-state index in [9.17, 15) is 4.79 Å². The molecule has 0 radical (unpaired) electrons. The number of anilines is 1. The normalized spacial score (nSPS) is 10.5. The summed E-state index contributed by atoms with van der Waals surface area (Å²) in [6.45, 7) is 2.06. The summed E-state index contributed by atoms with van der Waals surface area (Å²) < 4.78 is 0.936. The standard InChI is InChI=1S/C18H15BrN2OS/c1-12-5-7-13(8-6-12)18-21-16(11-23-18)10-17(22)20-15-4-2-3-14(19)9-15/h2-9,11H,10H2,1H3,(H,20,22). The van der Waals surface area contributed by atoms with E-state index in [-0.39, 0.29) is 12.3 Å². The van der Waals surface area contributed by atoms with E-state index in [4.69, 9.17) is 0 Å². The number of aromatic nitrogens is 1. The van der Waals surface area contributed by atoms with Crippen LogP contribution in [-0.2, 0) is 11.2 Å². The molecule has 0 bridgehead atoms. The fraction of sp³-hybridized carbons (Fsp3) is 0.111. The Kier molecular flexibility index (Phi) is 4.88. The lowest BCUT2D eigenvalue weighted by Gasteiger charge is -2.04. The van der Waals surface area contributed by atoms with Gasteiger partial charge in [0.2, 0.25) is 5.91 Å². The van der Waals surface area contributed by atoms with Gasteiger partial charge in [-0.1, -0.05) is 51.8 Å². The molecule has 2 aromatic carbocycles. The summed E-state index contributed by atoms with van der Waals surface area (Å²) >= 11 is 4.95. The Labute approximate surface area is 147 Å². The van der Waals surface area contributed by atoms with Crippen LogP contribution in [0.5, 0.6) is 0 Å². The summed E-state index contributed by atoms with van der Waals surface area (Å²) in [5, 5.41) is 5.76. The monoisotopic (exact) mass is 386 g/mol. The molecule has 1 amide bonds. The number of nitrogens with zero attached hydrogens (tertiary/aromatic N) is 1. The van der Waals surface area contributed by atoms with E-state index in [2.05, 4.69) is 57.4 Å². The molecule has 0 atom stereocenters. The maximum absolute atomic E-state index is 12.1. The summed E-state index contributed by atoms with van der Waals surface area (Å²) in [6, 6.07) is 15.8.